The number of ether oxygens (including phenoxy) is 1. The zero-order chi connectivity index (χ0) is 22.2. The highest BCUT2D eigenvalue weighted by Crippen LogP contribution is 2.46. The summed E-state index contributed by atoms with van der Waals surface area (Å²) in [6, 6.07) is 26.2. The SMILES string of the molecule is CCCCCCOc1ccc(C2=CN(c3ccccc3)C=C(c3ccccc3)S2)c(O)c1. The van der Waals surface area contributed by atoms with Crippen molar-refractivity contribution in [1.29, 1.82) is 0 Å². The van der Waals surface area contributed by atoms with Crippen LogP contribution in [0.25, 0.3) is 9.81 Å². The lowest BCUT2D eigenvalue weighted by Gasteiger charge is -2.25. The highest BCUT2D eigenvalue weighted by molar-refractivity contribution is 8.16. The highest BCUT2D eigenvalue weighted by atomic mass is 32.2. The molecule has 164 valence electrons. The van der Waals surface area contributed by atoms with E-state index in [0.717, 1.165) is 33.0 Å². The Morgan fingerprint density at radius 1 is 0.812 bits per heavy atom. The molecular formula is C28H29NO2S. The number of phenols is 1. The molecule has 0 fully saturated rings. The van der Waals surface area contributed by atoms with Crippen molar-refractivity contribution in [2.45, 2.75) is 32.6 Å². The number of thioether (sulfide) groups is 1. The standard InChI is InChI=1S/C28H29NO2S/c1-2-3-4-11-18-31-24-16-17-25(26(30)19-24)28-21-29(23-14-9-6-10-15-23)20-27(32-28)22-12-7-5-8-13-22/h5-10,12-17,19-21,30H,2-4,11,18H2,1H3. The summed E-state index contributed by atoms with van der Waals surface area (Å²) in [5.41, 5.74) is 3.02. The van der Waals surface area contributed by atoms with E-state index >= 15 is 0 Å². The summed E-state index contributed by atoms with van der Waals surface area (Å²) in [6.45, 7) is 2.88. The number of rotatable bonds is 9. The summed E-state index contributed by atoms with van der Waals surface area (Å²) in [5, 5.41) is 10.8. The molecule has 0 atom stereocenters. The van der Waals surface area contributed by atoms with Crippen LogP contribution in [0.5, 0.6) is 11.5 Å². The monoisotopic (exact) mass is 443 g/mol. The van der Waals surface area contributed by atoms with Gasteiger partial charge in [-0.2, -0.15) is 0 Å². The van der Waals surface area contributed by atoms with Crippen LogP contribution in [0, 0.1) is 0 Å². The molecule has 0 saturated carbocycles. The van der Waals surface area contributed by atoms with E-state index in [4.69, 9.17) is 4.74 Å². The Kier molecular flexibility index (Phi) is 7.57. The van der Waals surface area contributed by atoms with Gasteiger partial charge in [-0.1, -0.05) is 86.5 Å². The van der Waals surface area contributed by atoms with Crippen LogP contribution >= 0.6 is 11.8 Å². The fourth-order valence-electron chi connectivity index (χ4n) is 3.60. The Bertz CT molecular complexity index is 1080. The maximum absolute atomic E-state index is 10.8. The predicted molar refractivity (Wildman–Crippen MR) is 137 cm³/mol. The number of unbranched alkanes of at least 4 members (excludes halogenated alkanes) is 3. The Labute approximate surface area is 195 Å². The van der Waals surface area contributed by atoms with Crippen LogP contribution in [0.1, 0.15) is 43.7 Å². The Morgan fingerprint density at radius 3 is 2.25 bits per heavy atom. The topological polar surface area (TPSA) is 32.7 Å². The number of para-hydroxylation sites is 1. The van der Waals surface area contributed by atoms with Gasteiger partial charge in [0.15, 0.2) is 0 Å². The largest absolute Gasteiger partial charge is 0.507 e. The quantitative estimate of drug-likeness (QED) is 0.341. The normalized spacial score (nSPS) is 13.5. The van der Waals surface area contributed by atoms with Gasteiger partial charge in [-0.25, -0.2) is 0 Å². The first-order valence-electron chi connectivity index (χ1n) is 11.2. The van der Waals surface area contributed by atoms with E-state index < -0.39 is 0 Å². The average Bonchev–Trinajstić information content (AvgIpc) is 2.85. The smallest absolute Gasteiger partial charge is 0.127 e. The molecule has 0 bridgehead atoms. The average molecular weight is 444 g/mol. The van der Waals surface area contributed by atoms with Gasteiger partial charge in [0.05, 0.1) is 6.61 Å². The summed E-state index contributed by atoms with van der Waals surface area (Å²) in [6.07, 6.45) is 8.87. The zero-order valence-corrected chi connectivity index (χ0v) is 19.2. The number of benzene rings is 3. The molecule has 3 aromatic rings. The van der Waals surface area contributed by atoms with E-state index in [0.29, 0.717) is 12.4 Å². The van der Waals surface area contributed by atoms with Crippen molar-refractivity contribution in [3.05, 3.63) is 102 Å². The fourth-order valence-corrected chi connectivity index (χ4v) is 4.71. The Balaban J connectivity index is 1.58. The fraction of sp³-hybridized carbons (Fsp3) is 0.214. The number of anilines is 1. The summed E-state index contributed by atoms with van der Waals surface area (Å²) in [5.74, 6) is 0.944. The van der Waals surface area contributed by atoms with Crippen LogP contribution in [0.15, 0.2) is 91.3 Å². The van der Waals surface area contributed by atoms with Crippen LogP contribution < -0.4 is 9.64 Å². The maximum atomic E-state index is 10.8. The molecule has 1 N–H and O–H groups in total. The summed E-state index contributed by atoms with van der Waals surface area (Å²) < 4.78 is 5.85. The first-order chi connectivity index (χ1) is 15.7. The predicted octanol–water partition coefficient (Wildman–Crippen LogP) is 7.90. The van der Waals surface area contributed by atoms with Gasteiger partial charge < -0.3 is 14.7 Å². The molecule has 0 amide bonds. The molecule has 32 heavy (non-hydrogen) atoms. The van der Waals surface area contributed by atoms with Gasteiger partial charge in [0.25, 0.3) is 0 Å². The molecule has 4 heteroatoms. The van der Waals surface area contributed by atoms with Crippen LogP contribution in [-0.2, 0) is 0 Å². The van der Waals surface area contributed by atoms with Gasteiger partial charge in [-0.15, -0.1) is 0 Å². The van der Waals surface area contributed by atoms with Crippen molar-refractivity contribution in [3.8, 4) is 11.5 Å². The lowest BCUT2D eigenvalue weighted by molar-refractivity contribution is 0.303. The molecule has 0 unspecified atom stereocenters. The van der Waals surface area contributed by atoms with E-state index in [-0.39, 0.29) is 5.75 Å². The molecule has 0 aliphatic carbocycles. The molecule has 1 heterocycles. The van der Waals surface area contributed by atoms with Gasteiger partial charge in [0, 0.05) is 39.5 Å². The summed E-state index contributed by atoms with van der Waals surface area (Å²) in [4.78, 5) is 4.23. The number of nitrogens with zero attached hydrogens (tertiary/aromatic N) is 1. The summed E-state index contributed by atoms with van der Waals surface area (Å²) >= 11 is 1.66. The minimum atomic E-state index is 0.233. The van der Waals surface area contributed by atoms with Crippen LogP contribution in [0.3, 0.4) is 0 Å². The first kappa shape index (κ1) is 22.1. The third-order valence-electron chi connectivity index (χ3n) is 5.35. The minimum Gasteiger partial charge on any atom is -0.507 e. The summed E-state index contributed by atoms with van der Waals surface area (Å²) in [7, 11) is 0. The van der Waals surface area contributed by atoms with E-state index in [2.05, 4.69) is 48.5 Å². The number of hydrogen-bond acceptors (Lipinski definition) is 4. The second-order valence-corrected chi connectivity index (χ2v) is 8.87. The van der Waals surface area contributed by atoms with Gasteiger partial charge >= 0.3 is 0 Å². The lowest BCUT2D eigenvalue weighted by Crippen LogP contribution is -2.11. The zero-order valence-electron chi connectivity index (χ0n) is 18.4. The van der Waals surface area contributed by atoms with Crippen molar-refractivity contribution in [1.82, 2.24) is 0 Å². The van der Waals surface area contributed by atoms with Crippen LogP contribution in [-0.4, -0.2) is 11.7 Å². The van der Waals surface area contributed by atoms with E-state index in [1.54, 1.807) is 17.8 Å². The minimum absolute atomic E-state index is 0.233. The van der Waals surface area contributed by atoms with Crippen molar-refractivity contribution >= 4 is 27.3 Å². The van der Waals surface area contributed by atoms with Crippen LogP contribution in [0.2, 0.25) is 0 Å². The third-order valence-corrected chi connectivity index (χ3v) is 6.45. The first-order valence-corrected chi connectivity index (χ1v) is 12.0. The Morgan fingerprint density at radius 2 is 1.53 bits per heavy atom. The van der Waals surface area contributed by atoms with Crippen molar-refractivity contribution in [3.63, 3.8) is 0 Å². The van der Waals surface area contributed by atoms with Gasteiger partial charge in [0.1, 0.15) is 11.5 Å². The van der Waals surface area contributed by atoms with Crippen LogP contribution in [0.4, 0.5) is 5.69 Å². The lowest BCUT2D eigenvalue weighted by atomic mass is 10.1. The van der Waals surface area contributed by atoms with E-state index in [1.807, 2.05) is 48.5 Å². The van der Waals surface area contributed by atoms with Gasteiger partial charge in [-0.3, -0.25) is 0 Å². The molecule has 4 rings (SSSR count). The highest BCUT2D eigenvalue weighted by Gasteiger charge is 2.19. The molecule has 1 aliphatic heterocycles. The second kappa shape index (κ2) is 11.0. The van der Waals surface area contributed by atoms with E-state index in [1.165, 1.54) is 19.3 Å². The molecule has 0 spiro atoms. The molecule has 1 aliphatic rings. The molecule has 3 nitrogen and oxygen atoms in total. The molecule has 0 saturated heterocycles. The molecular weight excluding hydrogens is 414 g/mol. The molecule has 0 aromatic heterocycles. The Hall–Kier alpha value is -3.11. The van der Waals surface area contributed by atoms with Crippen molar-refractivity contribution in [2.75, 3.05) is 11.5 Å². The van der Waals surface area contributed by atoms with E-state index in [9.17, 15) is 5.11 Å². The number of hydrogen-bond donors (Lipinski definition) is 1. The maximum Gasteiger partial charge on any atom is 0.127 e. The van der Waals surface area contributed by atoms with Crippen molar-refractivity contribution in [2.24, 2.45) is 0 Å². The van der Waals surface area contributed by atoms with Gasteiger partial charge in [0.2, 0.25) is 0 Å². The van der Waals surface area contributed by atoms with Gasteiger partial charge in [-0.05, 0) is 36.2 Å². The second-order valence-electron chi connectivity index (χ2n) is 7.79. The number of aromatic hydroxyl groups is 1. The molecule has 3 aromatic carbocycles. The number of phenolic OH excluding ortho intramolecular Hbond substituents is 1. The third kappa shape index (κ3) is 5.57. The molecule has 0 radical (unpaired) electrons. The van der Waals surface area contributed by atoms with Crippen molar-refractivity contribution < 1.29 is 9.84 Å².